The van der Waals surface area contributed by atoms with Gasteiger partial charge in [0.2, 0.25) is 5.91 Å². The zero-order chi connectivity index (χ0) is 20.3. The fourth-order valence-corrected chi connectivity index (χ4v) is 2.86. The van der Waals surface area contributed by atoms with Crippen LogP contribution in [0, 0.1) is 11.7 Å². The fraction of sp³-hybridized carbons (Fsp3) is 0.286. The van der Waals surface area contributed by atoms with Crippen LogP contribution in [0.1, 0.15) is 30.0 Å². The number of carbonyl (C=O) groups is 2. The smallest absolute Gasteiger partial charge is 0.251 e. The van der Waals surface area contributed by atoms with Crippen LogP contribution in [0.4, 0.5) is 10.1 Å². The molecule has 0 spiro atoms. The van der Waals surface area contributed by atoms with Gasteiger partial charge in [0.05, 0.1) is 11.0 Å². The van der Waals surface area contributed by atoms with Gasteiger partial charge in [-0.05, 0) is 36.4 Å². The average Bonchev–Trinajstić information content (AvgIpc) is 2.96. The molecule has 3 aromatic rings. The third-order valence-corrected chi connectivity index (χ3v) is 4.49. The molecule has 0 aliphatic carbocycles. The van der Waals surface area contributed by atoms with Crippen molar-refractivity contribution in [3.63, 3.8) is 0 Å². The number of amides is 2. The van der Waals surface area contributed by atoms with Gasteiger partial charge in [-0.15, -0.1) is 0 Å². The maximum atomic E-state index is 13.2. The van der Waals surface area contributed by atoms with Gasteiger partial charge in [-0.2, -0.15) is 0 Å². The number of halogens is 1. The van der Waals surface area contributed by atoms with Crippen molar-refractivity contribution in [2.45, 2.75) is 20.3 Å². The van der Waals surface area contributed by atoms with E-state index in [-0.39, 0.29) is 23.3 Å². The Morgan fingerprint density at radius 1 is 1.18 bits per heavy atom. The number of carbonyl (C=O) groups excluding carboxylic acids is 2. The van der Waals surface area contributed by atoms with Crippen LogP contribution in [0.2, 0.25) is 0 Å². The summed E-state index contributed by atoms with van der Waals surface area (Å²) >= 11 is 0. The van der Waals surface area contributed by atoms with Crippen LogP contribution in [0.3, 0.4) is 0 Å². The molecular weight excluding hydrogens is 359 g/mol. The second-order valence-corrected chi connectivity index (χ2v) is 6.95. The maximum Gasteiger partial charge on any atom is 0.251 e. The molecule has 0 fully saturated rings. The second-order valence-electron chi connectivity index (χ2n) is 6.95. The minimum atomic E-state index is -0.441. The Kier molecular flexibility index (Phi) is 5.73. The number of hydrogen-bond acceptors (Lipinski definition) is 3. The first-order chi connectivity index (χ1) is 13.3. The van der Waals surface area contributed by atoms with Gasteiger partial charge < -0.3 is 15.2 Å². The van der Waals surface area contributed by atoms with Crippen molar-refractivity contribution in [3.8, 4) is 0 Å². The Morgan fingerprint density at radius 2 is 1.96 bits per heavy atom. The third kappa shape index (κ3) is 4.36. The van der Waals surface area contributed by atoms with Gasteiger partial charge in [0.15, 0.2) is 0 Å². The molecule has 28 heavy (non-hydrogen) atoms. The first-order valence-corrected chi connectivity index (χ1v) is 9.15. The third-order valence-electron chi connectivity index (χ3n) is 4.49. The van der Waals surface area contributed by atoms with Crippen LogP contribution in [0.5, 0.6) is 0 Å². The van der Waals surface area contributed by atoms with Gasteiger partial charge >= 0.3 is 0 Å². The van der Waals surface area contributed by atoms with Crippen molar-refractivity contribution in [2.24, 2.45) is 13.0 Å². The molecule has 1 heterocycles. The number of nitrogens with zero attached hydrogens (tertiary/aromatic N) is 2. The Bertz CT molecular complexity index is 1030. The highest BCUT2D eigenvalue weighted by molar-refractivity contribution is 5.94. The molecule has 2 amide bonds. The van der Waals surface area contributed by atoms with Crippen molar-refractivity contribution < 1.29 is 14.0 Å². The molecule has 2 N–H and O–H groups in total. The van der Waals surface area contributed by atoms with Crippen LogP contribution in [0.15, 0.2) is 42.5 Å². The molecule has 2 aromatic carbocycles. The highest BCUT2D eigenvalue weighted by Gasteiger charge is 2.12. The summed E-state index contributed by atoms with van der Waals surface area (Å²) in [5.74, 6) is -0.102. The normalized spacial score (nSPS) is 11.0. The summed E-state index contributed by atoms with van der Waals surface area (Å²) in [6.45, 7) is 4.05. The number of aryl methyl sites for hydroxylation is 1. The van der Waals surface area contributed by atoms with E-state index in [1.165, 1.54) is 18.2 Å². The topological polar surface area (TPSA) is 76.0 Å². The zero-order valence-electron chi connectivity index (χ0n) is 16.1. The van der Waals surface area contributed by atoms with Crippen LogP contribution >= 0.6 is 0 Å². The molecule has 0 saturated heterocycles. The summed E-state index contributed by atoms with van der Waals surface area (Å²) < 4.78 is 15.2. The first-order valence-electron chi connectivity index (χ1n) is 9.15. The van der Waals surface area contributed by atoms with E-state index in [2.05, 4.69) is 15.6 Å². The van der Waals surface area contributed by atoms with Gasteiger partial charge in [0.25, 0.3) is 5.91 Å². The van der Waals surface area contributed by atoms with Crippen molar-refractivity contribution in [2.75, 3.05) is 11.9 Å². The van der Waals surface area contributed by atoms with Crippen molar-refractivity contribution in [3.05, 3.63) is 59.7 Å². The molecule has 0 aliphatic rings. The standard InChI is InChI=1S/C21H23FN4O2/c1-13(2)20(27)24-16-7-8-18-17(12-16)25-19(26(18)3)9-10-23-21(28)14-5-4-6-15(22)11-14/h4-8,11-13H,9-10H2,1-3H3,(H,23,28)(H,24,27). The molecule has 146 valence electrons. The van der Waals surface area contributed by atoms with Crippen LogP contribution in [-0.2, 0) is 18.3 Å². The lowest BCUT2D eigenvalue weighted by atomic mass is 10.2. The summed E-state index contributed by atoms with van der Waals surface area (Å²) in [6.07, 6.45) is 0.528. The Morgan fingerprint density at radius 3 is 2.68 bits per heavy atom. The highest BCUT2D eigenvalue weighted by Crippen LogP contribution is 2.20. The molecule has 0 atom stereocenters. The maximum absolute atomic E-state index is 13.2. The quantitative estimate of drug-likeness (QED) is 0.687. The van der Waals surface area contributed by atoms with E-state index in [9.17, 15) is 14.0 Å². The SMILES string of the molecule is CC(C)C(=O)Nc1ccc2c(c1)nc(CCNC(=O)c1cccc(F)c1)n2C. The number of hydrogen-bond donors (Lipinski definition) is 2. The Hall–Kier alpha value is -3.22. The van der Waals surface area contributed by atoms with Gasteiger partial charge in [-0.25, -0.2) is 9.37 Å². The van der Waals surface area contributed by atoms with E-state index < -0.39 is 5.82 Å². The molecule has 0 unspecified atom stereocenters. The molecule has 0 aliphatic heterocycles. The Labute approximate surface area is 162 Å². The van der Waals surface area contributed by atoms with E-state index in [1.54, 1.807) is 6.07 Å². The number of anilines is 1. The predicted molar refractivity (Wildman–Crippen MR) is 107 cm³/mol. The molecule has 0 saturated carbocycles. The van der Waals surface area contributed by atoms with E-state index in [0.717, 1.165) is 16.9 Å². The summed E-state index contributed by atoms with van der Waals surface area (Å²) in [7, 11) is 1.91. The molecule has 0 radical (unpaired) electrons. The average molecular weight is 382 g/mol. The van der Waals surface area contributed by atoms with E-state index >= 15 is 0 Å². The second kappa shape index (κ2) is 8.21. The first kappa shape index (κ1) is 19.5. The fourth-order valence-electron chi connectivity index (χ4n) is 2.86. The van der Waals surface area contributed by atoms with Crippen molar-refractivity contribution in [1.29, 1.82) is 0 Å². The lowest BCUT2D eigenvalue weighted by Crippen LogP contribution is -2.26. The van der Waals surface area contributed by atoms with Gasteiger partial charge in [-0.3, -0.25) is 9.59 Å². The van der Waals surface area contributed by atoms with Crippen molar-refractivity contribution >= 4 is 28.5 Å². The largest absolute Gasteiger partial charge is 0.352 e. The number of imidazole rings is 1. The minimum absolute atomic E-state index is 0.0458. The number of benzene rings is 2. The van der Waals surface area contributed by atoms with E-state index in [0.29, 0.717) is 18.7 Å². The van der Waals surface area contributed by atoms with Crippen LogP contribution in [0.25, 0.3) is 11.0 Å². The Balaban J connectivity index is 1.67. The lowest BCUT2D eigenvalue weighted by Gasteiger charge is -2.07. The molecule has 7 heteroatoms. The summed E-state index contributed by atoms with van der Waals surface area (Å²) in [5, 5.41) is 5.65. The molecule has 0 bridgehead atoms. The van der Waals surface area contributed by atoms with Gasteiger partial charge in [0.1, 0.15) is 11.6 Å². The molecule has 3 rings (SSSR count). The predicted octanol–water partition coefficient (Wildman–Crippen LogP) is 3.28. The summed E-state index contributed by atoms with van der Waals surface area (Å²) in [6, 6.07) is 11.2. The number of nitrogens with one attached hydrogen (secondary N) is 2. The van der Waals surface area contributed by atoms with E-state index in [1.807, 2.05) is 43.7 Å². The van der Waals surface area contributed by atoms with Crippen LogP contribution < -0.4 is 10.6 Å². The number of aromatic nitrogens is 2. The summed E-state index contributed by atoms with van der Waals surface area (Å²) in [5.41, 5.74) is 2.70. The molecule has 6 nitrogen and oxygen atoms in total. The number of rotatable bonds is 6. The van der Waals surface area contributed by atoms with E-state index in [4.69, 9.17) is 0 Å². The minimum Gasteiger partial charge on any atom is -0.352 e. The summed E-state index contributed by atoms with van der Waals surface area (Å²) in [4.78, 5) is 28.6. The monoisotopic (exact) mass is 382 g/mol. The van der Waals surface area contributed by atoms with Gasteiger partial charge in [0, 0.05) is 37.2 Å². The highest BCUT2D eigenvalue weighted by atomic mass is 19.1. The molecular formula is C21H23FN4O2. The van der Waals surface area contributed by atoms with Crippen molar-refractivity contribution in [1.82, 2.24) is 14.9 Å². The number of fused-ring (bicyclic) bond motifs is 1. The lowest BCUT2D eigenvalue weighted by molar-refractivity contribution is -0.118. The zero-order valence-corrected chi connectivity index (χ0v) is 16.1. The molecule has 1 aromatic heterocycles. The van der Waals surface area contributed by atoms with Crippen LogP contribution in [-0.4, -0.2) is 27.9 Å². The van der Waals surface area contributed by atoms with Gasteiger partial charge in [-0.1, -0.05) is 19.9 Å².